The van der Waals surface area contributed by atoms with Crippen LogP contribution in [0.15, 0.2) is 61.6 Å². The molecule has 4 aromatic rings. The molecule has 42 heavy (non-hydrogen) atoms. The molecule has 2 aliphatic heterocycles. The second kappa shape index (κ2) is 10.3. The Bertz CT molecular complexity index is 1740. The number of hydrogen-bond acceptors (Lipinski definition) is 7. The first-order chi connectivity index (χ1) is 20.1. The van der Waals surface area contributed by atoms with Crippen molar-refractivity contribution in [3.63, 3.8) is 0 Å². The van der Waals surface area contributed by atoms with Gasteiger partial charge in [-0.2, -0.15) is 13.2 Å². The molecule has 13 heteroatoms. The number of anilines is 1. The minimum Gasteiger partial charge on any atom is -0.382 e. The van der Waals surface area contributed by atoms with E-state index in [2.05, 4.69) is 16.5 Å². The molecule has 2 fully saturated rings. The highest BCUT2D eigenvalue weighted by atomic mass is 19.4. The van der Waals surface area contributed by atoms with Gasteiger partial charge in [-0.05, 0) is 36.8 Å². The first kappa shape index (κ1) is 27.5. The molecule has 2 N–H and O–H groups in total. The molecule has 0 saturated carbocycles. The molecule has 5 heterocycles. The average molecular weight is 581 g/mol. The van der Waals surface area contributed by atoms with Crippen molar-refractivity contribution >= 4 is 23.0 Å². The Hall–Kier alpha value is -4.65. The van der Waals surface area contributed by atoms with Crippen molar-refractivity contribution in [1.29, 1.82) is 0 Å². The summed E-state index contributed by atoms with van der Waals surface area (Å²) in [6, 6.07) is 4.74. The van der Waals surface area contributed by atoms with Crippen LogP contribution in [0.4, 0.5) is 23.4 Å². The smallest absolute Gasteiger partial charge is 0.382 e. The maximum atomic E-state index is 15.6. The first-order valence-corrected chi connectivity index (χ1v) is 13.1. The Labute approximate surface area is 236 Å². The third kappa shape index (κ3) is 4.69. The molecule has 0 radical (unpaired) electrons. The Morgan fingerprint density at radius 1 is 1.14 bits per heavy atom. The molecule has 1 aromatic carbocycles. The zero-order chi connectivity index (χ0) is 29.8. The number of hydrogen-bond donors (Lipinski definition) is 1. The number of imidazole rings is 1. The van der Waals surface area contributed by atoms with Crippen LogP contribution in [0.5, 0.6) is 0 Å². The Kier molecular flexibility index (Phi) is 6.76. The summed E-state index contributed by atoms with van der Waals surface area (Å²) in [5.74, 6) is -1.02. The molecular weight excluding hydrogens is 556 g/mol. The van der Waals surface area contributed by atoms with E-state index < -0.39 is 35.8 Å². The van der Waals surface area contributed by atoms with Crippen LogP contribution in [0.25, 0.3) is 16.8 Å². The number of benzene rings is 1. The highest BCUT2D eigenvalue weighted by molar-refractivity contribution is 5.98. The molecule has 9 nitrogen and oxygen atoms in total. The van der Waals surface area contributed by atoms with Gasteiger partial charge in [-0.3, -0.25) is 19.0 Å². The van der Waals surface area contributed by atoms with Gasteiger partial charge in [-0.15, -0.1) is 0 Å². The predicted octanol–water partition coefficient (Wildman–Crippen LogP) is 4.43. The van der Waals surface area contributed by atoms with Gasteiger partial charge >= 0.3 is 6.18 Å². The molecule has 0 bridgehead atoms. The van der Waals surface area contributed by atoms with E-state index in [1.54, 1.807) is 15.5 Å². The zero-order valence-electron chi connectivity index (χ0n) is 22.0. The first-order valence-electron chi connectivity index (χ1n) is 13.1. The van der Waals surface area contributed by atoms with Gasteiger partial charge in [0.25, 0.3) is 0 Å². The van der Waals surface area contributed by atoms with Crippen LogP contribution in [-0.4, -0.2) is 55.2 Å². The van der Waals surface area contributed by atoms with Crippen molar-refractivity contribution in [3.05, 3.63) is 90.0 Å². The van der Waals surface area contributed by atoms with E-state index in [9.17, 15) is 22.8 Å². The van der Waals surface area contributed by atoms with E-state index in [1.165, 1.54) is 24.4 Å². The molecule has 3 atom stereocenters. The van der Waals surface area contributed by atoms with Crippen molar-refractivity contribution in [2.45, 2.75) is 31.1 Å². The van der Waals surface area contributed by atoms with E-state index in [1.807, 2.05) is 0 Å². The Morgan fingerprint density at radius 2 is 1.95 bits per heavy atom. The molecule has 2 saturated heterocycles. The molecule has 216 valence electrons. The van der Waals surface area contributed by atoms with Crippen molar-refractivity contribution in [1.82, 2.24) is 24.3 Å². The number of carbonyl (C=O) groups is 2. The molecule has 0 unspecified atom stereocenters. The topological polar surface area (TPSA) is 116 Å². The number of nitrogens with zero attached hydrogens (tertiary/aromatic N) is 5. The van der Waals surface area contributed by atoms with Crippen molar-refractivity contribution in [3.8, 4) is 11.3 Å². The largest absolute Gasteiger partial charge is 0.416 e. The number of rotatable bonds is 6. The number of alkyl halides is 3. The molecule has 1 amide bonds. The summed E-state index contributed by atoms with van der Waals surface area (Å²) in [6.45, 7) is 4.52. The molecule has 2 aliphatic rings. The lowest BCUT2D eigenvalue weighted by molar-refractivity contribution is -0.137. The summed E-state index contributed by atoms with van der Waals surface area (Å²) in [5, 5.41) is 0. The quantitative estimate of drug-likeness (QED) is 0.204. The van der Waals surface area contributed by atoms with Gasteiger partial charge in [-0.25, -0.2) is 14.4 Å². The number of fused-ring (bicyclic) bond motifs is 2. The van der Waals surface area contributed by atoms with E-state index in [0.717, 1.165) is 24.4 Å². The fraction of sp³-hybridized carbons (Fsp3) is 0.276. The third-order valence-electron chi connectivity index (χ3n) is 7.75. The summed E-state index contributed by atoms with van der Waals surface area (Å²) >= 11 is 0. The van der Waals surface area contributed by atoms with Crippen LogP contribution in [0.3, 0.4) is 0 Å². The lowest BCUT2D eigenvalue weighted by Crippen LogP contribution is -2.39. The van der Waals surface area contributed by atoms with Crippen LogP contribution in [0.2, 0.25) is 0 Å². The Balaban J connectivity index is 1.36. The van der Waals surface area contributed by atoms with E-state index in [-0.39, 0.29) is 46.2 Å². The van der Waals surface area contributed by atoms with Gasteiger partial charge in [0, 0.05) is 41.3 Å². The lowest BCUT2D eigenvalue weighted by Gasteiger charge is -2.27. The number of pyridine rings is 1. The second-order valence-electron chi connectivity index (χ2n) is 10.2. The number of likely N-dealkylation sites (tertiary alicyclic amines) is 1. The number of Topliss-reactive ketones (excluding diaryl/α,β-unsaturated/α-hetero) is 1. The van der Waals surface area contributed by atoms with E-state index in [4.69, 9.17) is 15.5 Å². The van der Waals surface area contributed by atoms with Gasteiger partial charge in [-0.1, -0.05) is 12.6 Å². The summed E-state index contributed by atoms with van der Waals surface area (Å²) < 4.78 is 62.1. The van der Waals surface area contributed by atoms with Crippen LogP contribution in [0, 0.1) is 11.7 Å². The summed E-state index contributed by atoms with van der Waals surface area (Å²) in [7, 11) is 0. The van der Waals surface area contributed by atoms with Crippen LogP contribution in [0.1, 0.15) is 39.9 Å². The molecule has 0 spiro atoms. The number of amides is 1. The molecule has 0 aliphatic carbocycles. The van der Waals surface area contributed by atoms with Gasteiger partial charge < -0.3 is 15.4 Å². The van der Waals surface area contributed by atoms with Crippen molar-refractivity contribution in [2.24, 2.45) is 5.92 Å². The van der Waals surface area contributed by atoms with E-state index >= 15 is 4.39 Å². The van der Waals surface area contributed by atoms with Crippen molar-refractivity contribution < 1.29 is 31.9 Å². The minimum absolute atomic E-state index is 0.0373. The monoisotopic (exact) mass is 580 g/mol. The predicted molar refractivity (Wildman–Crippen MR) is 143 cm³/mol. The summed E-state index contributed by atoms with van der Waals surface area (Å²) in [4.78, 5) is 40.2. The van der Waals surface area contributed by atoms with E-state index in [0.29, 0.717) is 31.0 Å². The highest BCUT2D eigenvalue weighted by Crippen LogP contribution is 2.44. The Morgan fingerprint density at radius 3 is 2.69 bits per heavy atom. The van der Waals surface area contributed by atoms with Gasteiger partial charge in [0.2, 0.25) is 5.91 Å². The SMILES string of the molecule is C=CC(=O)N1[C@@H]2COC[C@@H]2C[C@H]1c1nc(-c2ccc(C(=O)Cc3cc(C(F)(F)F)ccn3)cc2F)c2c(N)nccn12. The number of nitrogens with two attached hydrogens (primary N) is 1. The standard InChI is InChI=1S/C29H24F4N6O3/c1-2-24(41)39-21(10-16-13-42-14-22(16)39)28-37-25(26-27(34)36-7-8-38(26)28)19-4-3-15(9-20(19)30)23(40)12-18-11-17(5-6-35-18)29(31,32)33/h2-9,11,16,21-22H,1,10,12-14H2,(H2,34,36)/t16-,21-,22+/m0/s1. The minimum atomic E-state index is -4.58. The number of carbonyl (C=O) groups excluding carboxylic acids is 2. The maximum Gasteiger partial charge on any atom is 0.416 e. The molecule has 6 rings (SSSR count). The number of ketones is 1. The normalized spacial score (nSPS) is 20.2. The fourth-order valence-corrected chi connectivity index (χ4v) is 5.81. The zero-order valence-corrected chi connectivity index (χ0v) is 22.0. The van der Waals surface area contributed by atoms with Gasteiger partial charge in [0.1, 0.15) is 28.7 Å². The van der Waals surface area contributed by atoms with Gasteiger partial charge in [0.15, 0.2) is 5.78 Å². The number of aromatic nitrogens is 4. The summed E-state index contributed by atoms with van der Waals surface area (Å²) in [6.07, 6.45) is 0.876. The number of halogens is 4. The molecular formula is C29H24F4N6O3. The number of ether oxygens (including phenoxy) is 1. The highest BCUT2D eigenvalue weighted by Gasteiger charge is 2.48. The van der Waals surface area contributed by atoms with Gasteiger partial charge in [0.05, 0.1) is 37.3 Å². The average Bonchev–Trinajstić information content (AvgIpc) is 3.66. The second-order valence-corrected chi connectivity index (χ2v) is 10.2. The third-order valence-corrected chi connectivity index (χ3v) is 7.75. The van der Waals surface area contributed by atoms with Crippen LogP contribution in [-0.2, 0) is 22.1 Å². The van der Waals surface area contributed by atoms with Crippen molar-refractivity contribution in [2.75, 3.05) is 18.9 Å². The lowest BCUT2D eigenvalue weighted by atomic mass is 10.0. The van der Waals surface area contributed by atoms with Crippen LogP contribution >= 0.6 is 0 Å². The maximum absolute atomic E-state index is 15.6. The molecule has 3 aromatic heterocycles. The summed E-state index contributed by atoms with van der Waals surface area (Å²) in [5.41, 5.74) is 5.70. The van der Waals surface area contributed by atoms with Crippen LogP contribution < -0.4 is 5.73 Å². The number of nitrogen functional groups attached to an aromatic ring is 1. The fourth-order valence-electron chi connectivity index (χ4n) is 5.81.